The number of hydrogen-bond acceptors (Lipinski definition) is 5. The molecule has 0 atom stereocenters. The van der Waals surface area contributed by atoms with Crippen LogP contribution >= 0.6 is 0 Å². The summed E-state index contributed by atoms with van der Waals surface area (Å²) in [6.45, 7) is 2.84. The van der Waals surface area contributed by atoms with Gasteiger partial charge in [-0.05, 0) is 18.4 Å². The Morgan fingerprint density at radius 2 is 2.00 bits per heavy atom. The van der Waals surface area contributed by atoms with Crippen molar-refractivity contribution in [2.75, 3.05) is 18.0 Å². The molecule has 0 unspecified atom stereocenters. The maximum Gasteiger partial charge on any atom is 0.150 e. The first-order chi connectivity index (χ1) is 12.3. The Morgan fingerprint density at radius 1 is 1.20 bits per heavy atom. The number of nitrogens with zero attached hydrogens (tertiary/aromatic N) is 5. The summed E-state index contributed by atoms with van der Waals surface area (Å²) in [4.78, 5) is 2.35. The largest absolute Gasteiger partial charge is 0.355 e. The van der Waals surface area contributed by atoms with E-state index in [0.717, 1.165) is 49.7 Å². The zero-order valence-corrected chi connectivity index (χ0v) is 14.4. The van der Waals surface area contributed by atoms with E-state index in [0.29, 0.717) is 6.04 Å². The van der Waals surface area contributed by atoms with Crippen molar-refractivity contribution in [3.05, 3.63) is 48.3 Å². The van der Waals surface area contributed by atoms with Gasteiger partial charge in [0.15, 0.2) is 5.82 Å². The Kier molecular flexibility index (Phi) is 4.47. The van der Waals surface area contributed by atoms with Crippen LogP contribution in [0.25, 0.3) is 11.3 Å². The molecule has 0 saturated carbocycles. The number of aromatic amines is 1. The van der Waals surface area contributed by atoms with Gasteiger partial charge in [0.1, 0.15) is 0 Å². The second kappa shape index (κ2) is 7.06. The first kappa shape index (κ1) is 15.8. The lowest BCUT2D eigenvalue weighted by Gasteiger charge is -2.32. The molecule has 4 rings (SSSR count). The average Bonchev–Trinajstić information content (AvgIpc) is 3.30. The van der Waals surface area contributed by atoms with Crippen molar-refractivity contribution in [2.45, 2.75) is 25.4 Å². The highest BCUT2D eigenvalue weighted by Gasteiger charge is 2.21. The summed E-state index contributed by atoms with van der Waals surface area (Å²) in [5.41, 5.74) is 3.35. The molecule has 7 heteroatoms. The number of nitrogens with one attached hydrogen (secondary N) is 2. The molecule has 0 bridgehead atoms. The third kappa shape index (κ3) is 3.56. The van der Waals surface area contributed by atoms with E-state index in [1.807, 2.05) is 36.1 Å². The van der Waals surface area contributed by atoms with Crippen LogP contribution in [0, 0.1) is 0 Å². The molecule has 1 aliphatic heterocycles. The third-order valence-corrected chi connectivity index (χ3v) is 4.85. The summed E-state index contributed by atoms with van der Waals surface area (Å²) < 4.78 is 1.82. The van der Waals surface area contributed by atoms with Gasteiger partial charge in [0.2, 0.25) is 0 Å². The monoisotopic (exact) mass is 337 g/mol. The predicted octanol–water partition coefficient (Wildman–Crippen LogP) is 1.96. The van der Waals surface area contributed by atoms with E-state index in [9.17, 15) is 0 Å². The van der Waals surface area contributed by atoms with Gasteiger partial charge >= 0.3 is 0 Å². The van der Waals surface area contributed by atoms with Crippen LogP contribution in [0.3, 0.4) is 0 Å². The Balaban J connectivity index is 1.31. The molecule has 7 nitrogen and oxygen atoms in total. The van der Waals surface area contributed by atoms with Crippen molar-refractivity contribution in [1.82, 2.24) is 30.5 Å². The molecular weight excluding hydrogens is 314 g/mol. The van der Waals surface area contributed by atoms with Crippen LogP contribution in [0.15, 0.2) is 42.6 Å². The first-order valence-electron chi connectivity index (χ1n) is 8.72. The maximum absolute atomic E-state index is 4.50. The van der Waals surface area contributed by atoms with Crippen LogP contribution in [-0.4, -0.2) is 44.3 Å². The molecule has 1 saturated heterocycles. The fourth-order valence-electron chi connectivity index (χ4n) is 3.27. The maximum atomic E-state index is 4.50. The molecule has 130 valence electrons. The molecule has 0 amide bonds. The van der Waals surface area contributed by atoms with E-state index in [-0.39, 0.29) is 0 Å². The summed E-state index contributed by atoms with van der Waals surface area (Å²) in [6.07, 6.45) is 4.04. The number of H-pyrrole nitrogens is 1. The molecule has 25 heavy (non-hydrogen) atoms. The summed E-state index contributed by atoms with van der Waals surface area (Å²) in [5, 5.41) is 19.2. The van der Waals surface area contributed by atoms with Crippen LogP contribution in [0.5, 0.6) is 0 Å². The number of rotatable bonds is 5. The quantitative estimate of drug-likeness (QED) is 0.744. The molecular formula is C18H23N7. The number of aryl methyl sites for hydroxylation is 1. The normalized spacial score (nSPS) is 15.6. The van der Waals surface area contributed by atoms with E-state index in [1.54, 1.807) is 0 Å². The minimum atomic E-state index is 0.527. The van der Waals surface area contributed by atoms with Crippen LogP contribution in [-0.2, 0) is 13.6 Å². The molecule has 0 spiro atoms. The van der Waals surface area contributed by atoms with Crippen LogP contribution in [0.2, 0.25) is 0 Å². The van der Waals surface area contributed by atoms with Gasteiger partial charge in [-0.15, -0.1) is 5.10 Å². The number of anilines is 1. The molecule has 1 aromatic carbocycles. The van der Waals surface area contributed by atoms with E-state index < -0.39 is 0 Å². The number of benzene rings is 1. The van der Waals surface area contributed by atoms with Gasteiger partial charge < -0.3 is 10.2 Å². The zero-order valence-electron chi connectivity index (χ0n) is 14.4. The highest BCUT2D eigenvalue weighted by molar-refractivity contribution is 5.63. The molecule has 2 aromatic heterocycles. The lowest BCUT2D eigenvalue weighted by Crippen LogP contribution is -2.42. The zero-order chi connectivity index (χ0) is 17.1. The Labute approximate surface area is 147 Å². The number of aromatic nitrogens is 5. The molecule has 3 heterocycles. The standard InChI is InChI=1S/C18H23N7/c1-24-16(13-20-23-24)12-19-15-7-9-25(10-8-15)18-11-17(21-22-18)14-5-3-2-4-6-14/h2-6,11,13,15,19H,7-10,12H2,1H3,(H,21,22). The molecule has 2 N–H and O–H groups in total. The van der Waals surface area contributed by atoms with E-state index in [4.69, 9.17) is 0 Å². The minimum Gasteiger partial charge on any atom is -0.355 e. The smallest absolute Gasteiger partial charge is 0.150 e. The molecule has 3 aromatic rings. The van der Waals surface area contributed by atoms with Gasteiger partial charge in [0.05, 0.1) is 17.6 Å². The number of piperidine rings is 1. The molecule has 0 radical (unpaired) electrons. The van der Waals surface area contributed by atoms with Gasteiger partial charge in [0.25, 0.3) is 0 Å². The highest BCUT2D eigenvalue weighted by atomic mass is 15.4. The highest BCUT2D eigenvalue weighted by Crippen LogP contribution is 2.24. The summed E-state index contributed by atoms with van der Waals surface area (Å²) in [7, 11) is 1.93. The molecule has 1 aliphatic rings. The van der Waals surface area contributed by atoms with Gasteiger partial charge in [0, 0.05) is 38.8 Å². The van der Waals surface area contributed by atoms with E-state index >= 15 is 0 Å². The second-order valence-corrected chi connectivity index (χ2v) is 6.50. The lowest BCUT2D eigenvalue weighted by atomic mass is 10.0. The molecule has 0 aliphatic carbocycles. The van der Waals surface area contributed by atoms with Gasteiger partial charge in [-0.2, -0.15) is 5.10 Å². The van der Waals surface area contributed by atoms with Gasteiger partial charge in [-0.3, -0.25) is 9.78 Å². The van der Waals surface area contributed by atoms with Crippen LogP contribution in [0.1, 0.15) is 18.5 Å². The third-order valence-electron chi connectivity index (χ3n) is 4.85. The van der Waals surface area contributed by atoms with Gasteiger partial charge in [-0.1, -0.05) is 35.5 Å². The van der Waals surface area contributed by atoms with Gasteiger partial charge in [-0.25, -0.2) is 0 Å². The van der Waals surface area contributed by atoms with E-state index in [2.05, 4.69) is 48.9 Å². The minimum absolute atomic E-state index is 0.527. The summed E-state index contributed by atoms with van der Waals surface area (Å²) >= 11 is 0. The number of hydrogen-bond donors (Lipinski definition) is 2. The SMILES string of the molecule is Cn1nncc1CNC1CCN(c2cc(-c3ccccc3)[nH]n2)CC1. The fourth-order valence-corrected chi connectivity index (χ4v) is 3.27. The summed E-state index contributed by atoms with van der Waals surface area (Å²) in [5.74, 6) is 1.04. The Hall–Kier alpha value is -2.67. The predicted molar refractivity (Wildman–Crippen MR) is 97.1 cm³/mol. The van der Waals surface area contributed by atoms with E-state index in [1.165, 1.54) is 5.56 Å². The first-order valence-corrected chi connectivity index (χ1v) is 8.72. The van der Waals surface area contributed by atoms with Crippen LogP contribution in [0.4, 0.5) is 5.82 Å². The van der Waals surface area contributed by atoms with Crippen molar-refractivity contribution >= 4 is 5.82 Å². The van der Waals surface area contributed by atoms with Crippen molar-refractivity contribution in [2.24, 2.45) is 7.05 Å². The topological polar surface area (TPSA) is 74.7 Å². The summed E-state index contributed by atoms with van der Waals surface area (Å²) in [6, 6.07) is 13.0. The van der Waals surface area contributed by atoms with Crippen molar-refractivity contribution in [3.8, 4) is 11.3 Å². The molecule has 1 fully saturated rings. The average molecular weight is 337 g/mol. The Morgan fingerprint density at radius 3 is 2.72 bits per heavy atom. The van der Waals surface area contributed by atoms with Crippen LogP contribution < -0.4 is 10.2 Å². The Bertz CT molecular complexity index is 800. The van der Waals surface area contributed by atoms with Crippen molar-refractivity contribution in [1.29, 1.82) is 0 Å². The fraction of sp³-hybridized carbons (Fsp3) is 0.389. The lowest BCUT2D eigenvalue weighted by molar-refractivity contribution is 0.407. The second-order valence-electron chi connectivity index (χ2n) is 6.50. The van der Waals surface area contributed by atoms with Crippen molar-refractivity contribution < 1.29 is 0 Å². The van der Waals surface area contributed by atoms with Crippen molar-refractivity contribution in [3.63, 3.8) is 0 Å².